The minimum atomic E-state index is -3.52. The second-order valence-electron chi connectivity index (χ2n) is 6.28. The molecule has 0 amide bonds. The van der Waals surface area contributed by atoms with Crippen LogP contribution in [-0.4, -0.2) is 29.9 Å². The Hall–Kier alpha value is -1.74. The topological polar surface area (TPSA) is 92.3 Å². The zero-order valence-electron chi connectivity index (χ0n) is 14.9. The van der Waals surface area contributed by atoms with Crippen molar-refractivity contribution in [3.8, 4) is 0 Å². The van der Waals surface area contributed by atoms with Gasteiger partial charge in [-0.25, -0.2) is 26.3 Å². The van der Waals surface area contributed by atoms with E-state index in [1.165, 1.54) is 0 Å². The van der Waals surface area contributed by atoms with E-state index in [0.717, 1.165) is 11.1 Å². The van der Waals surface area contributed by atoms with Crippen molar-refractivity contribution in [2.24, 2.45) is 0 Å². The zero-order valence-corrected chi connectivity index (χ0v) is 16.5. The van der Waals surface area contributed by atoms with Gasteiger partial charge >= 0.3 is 0 Å². The van der Waals surface area contributed by atoms with Crippen LogP contribution in [0, 0.1) is 13.8 Å². The molecule has 2 aromatic carbocycles. The maximum absolute atomic E-state index is 12.1. The predicted octanol–water partition coefficient (Wildman–Crippen LogP) is 1.84. The molecule has 0 aliphatic carbocycles. The molecule has 8 heteroatoms. The van der Waals surface area contributed by atoms with Gasteiger partial charge in [0.25, 0.3) is 0 Å². The van der Waals surface area contributed by atoms with E-state index >= 15 is 0 Å². The standard InChI is InChI=1S/C18H24N2O4S2/c1-15-5-3-7-17(11-15)13-25(21,22)19-9-10-20-26(23,24)14-18-8-4-6-16(2)12-18/h3-8,11-12,19-20H,9-10,13-14H2,1-2H3. The number of sulfonamides is 2. The molecule has 2 rings (SSSR count). The van der Waals surface area contributed by atoms with Crippen LogP contribution in [0.5, 0.6) is 0 Å². The third kappa shape index (κ3) is 7.25. The lowest BCUT2D eigenvalue weighted by Gasteiger charge is -2.09. The van der Waals surface area contributed by atoms with Gasteiger partial charge in [-0.15, -0.1) is 0 Å². The summed E-state index contributed by atoms with van der Waals surface area (Å²) in [6, 6.07) is 14.5. The summed E-state index contributed by atoms with van der Waals surface area (Å²) in [5.41, 5.74) is 3.36. The average Bonchev–Trinajstić information content (AvgIpc) is 2.51. The summed E-state index contributed by atoms with van der Waals surface area (Å²) in [5, 5.41) is 0. The van der Waals surface area contributed by atoms with E-state index in [1.807, 2.05) is 38.1 Å². The van der Waals surface area contributed by atoms with Crippen LogP contribution >= 0.6 is 0 Å². The maximum atomic E-state index is 12.1. The van der Waals surface area contributed by atoms with Crippen LogP contribution < -0.4 is 9.44 Å². The number of nitrogens with one attached hydrogen (secondary N) is 2. The molecule has 0 aliphatic heterocycles. The van der Waals surface area contributed by atoms with Crippen LogP contribution in [0.2, 0.25) is 0 Å². The fraction of sp³-hybridized carbons (Fsp3) is 0.333. The summed E-state index contributed by atoms with van der Waals surface area (Å²) in [6.07, 6.45) is 0. The van der Waals surface area contributed by atoms with Crippen molar-refractivity contribution >= 4 is 20.0 Å². The highest BCUT2D eigenvalue weighted by molar-refractivity contribution is 7.89. The Morgan fingerprint density at radius 3 is 1.42 bits per heavy atom. The molecule has 26 heavy (non-hydrogen) atoms. The van der Waals surface area contributed by atoms with Crippen molar-refractivity contribution in [2.75, 3.05) is 13.1 Å². The molecule has 0 aliphatic rings. The predicted molar refractivity (Wildman–Crippen MR) is 104 cm³/mol. The Morgan fingerprint density at radius 1 is 0.692 bits per heavy atom. The number of hydrogen-bond acceptors (Lipinski definition) is 4. The summed E-state index contributed by atoms with van der Waals surface area (Å²) < 4.78 is 53.1. The molecule has 0 fully saturated rings. The van der Waals surface area contributed by atoms with Gasteiger partial charge in [0.05, 0.1) is 11.5 Å². The zero-order chi connectivity index (χ0) is 19.2. The monoisotopic (exact) mass is 396 g/mol. The normalized spacial score (nSPS) is 12.2. The van der Waals surface area contributed by atoms with Gasteiger partial charge in [0.2, 0.25) is 20.0 Å². The summed E-state index contributed by atoms with van der Waals surface area (Å²) in [5.74, 6) is -0.268. The van der Waals surface area contributed by atoms with Crippen molar-refractivity contribution in [1.82, 2.24) is 9.44 Å². The third-order valence-electron chi connectivity index (χ3n) is 3.65. The molecule has 2 aromatic rings. The molecule has 0 atom stereocenters. The van der Waals surface area contributed by atoms with Crippen LogP contribution in [0.25, 0.3) is 0 Å². The Morgan fingerprint density at radius 2 is 1.08 bits per heavy atom. The van der Waals surface area contributed by atoms with Crippen LogP contribution in [-0.2, 0) is 31.6 Å². The quantitative estimate of drug-likeness (QED) is 0.633. The lowest BCUT2D eigenvalue weighted by Crippen LogP contribution is -2.35. The summed E-state index contributed by atoms with van der Waals surface area (Å²) in [4.78, 5) is 0. The molecule has 2 N–H and O–H groups in total. The van der Waals surface area contributed by atoms with Crippen LogP contribution in [0.4, 0.5) is 0 Å². The van der Waals surface area contributed by atoms with Crippen LogP contribution in [0.3, 0.4) is 0 Å². The second-order valence-corrected chi connectivity index (χ2v) is 9.90. The Labute approximate surface area is 155 Å². The fourth-order valence-corrected chi connectivity index (χ4v) is 4.82. The molecule has 6 nitrogen and oxygen atoms in total. The second kappa shape index (κ2) is 8.77. The number of benzene rings is 2. The lowest BCUT2D eigenvalue weighted by molar-refractivity contribution is 0.569. The first-order chi connectivity index (χ1) is 12.2. The number of aryl methyl sites for hydroxylation is 2. The average molecular weight is 397 g/mol. The third-order valence-corrected chi connectivity index (χ3v) is 6.36. The van der Waals surface area contributed by atoms with Crippen LogP contribution in [0.15, 0.2) is 48.5 Å². The van der Waals surface area contributed by atoms with Crippen molar-refractivity contribution < 1.29 is 16.8 Å². The molecule has 0 radical (unpaired) electrons. The molecule has 0 heterocycles. The van der Waals surface area contributed by atoms with Gasteiger partial charge < -0.3 is 0 Å². The van der Waals surface area contributed by atoms with Gasteiger partial charge in [-0.3, -0.25) is 0 Å². The van der Waals surface area contributed by atoms with E-state index in [9.17, 15) is 16.8 Å². The summed E-state index contributed by atoms with van der Waals surface area (Å²) >= 11 is 0. The highest BCUT2D eigenvalue weighted by Gasteiger charge is 2.14. The highest BCUT2D eigenvalue weighted by Crippen LogP contribution is 2.08. The van der Waals surface area contributed by atoms with E-state index in [2.05, 4.69) is 9.44 Å². The van der Waals surface area contributed by atoms with E-state index in [-0.39, 0.29) is 24.6 Å². The summed E-state index contributed by atoms with van der Waals surface area (Å²) in [6.45, 7) is 3.79. The van der Waals surface area contributed by atoms with Crippen molar-refractivity contribution in [3.05, 3.63) is 70.8 Å². The lowest BCUT2D eigenvalue weighted by atomic mass is 10.2. The first-order valence-electron chi connectivity index (χ1n) is 8.21. The van der Waals surface area contributed by atoms with Gasteiger partial charge in [0, 0.05) is 13.1 Å². The largest absolute Gasteiger partial charge is 0.215 e. The number of rotatable bonds is 9. The Bertz CT molecular complexity index is 875. The fourth-order valence-electron chi connectivity index (χ4n) is 2.56. The molecule has 0 saturated heterocycles. The van der Waals surface area contributed by atoms with Crippen molar-refractivity contribution in [1.29, 1.82) is 0 Å². The minimum Gasteiger partial charge on any atom is -0.214 e. The Balaban J connectivity index is 1.81. The van der Waals surface area contributed by atoms with Gasteiger partial charge in [0.1, 0.15) is 0 Å². The van der Waals surface area contributed by atoms with Gasteiger partial charge in [0.15, 0.2) is 0 Å². The SMILES string of the molecule is Cc1cccc(CS(=O)(=O)NCCNS(=O)(=O)Cc2cccc(C)c2)c1. The van der Waals surface area contributed by atoms with Crippen molar-refractivity contribution in [3.63, 3.8) is 0 Å². The van der Waals surface area contributed by atoms with E-state index in [1.54, 1.807) is 24.3 Å². The Kier molecular flexibility index (Phi) is 6.94. The molecule has 0 unspecified atom stereocenters. The van der Waals surface area contributed by atoms with Crippen molar-refractivity contribution in [2.45, 2.75) is 25.4 Å². The molecular formula is C18H24N2O4S2. The highest BCUT2D eigenvalue weighted by atomic mass is 32.2. The smallest absolute Gasteiger partial charge is 0.214 e. The van der Waals surface area contributed by atoms with Gasteiger partial charge in [-0.1, -0.05) is 59.7 Å². The molecular weight excluding hydrogens is 372 g/mol. The van der Waals surface area contributed by atoms with E-state index in [4.69, 9.17) is 0 Å². The molecule has 0 spiro atoms. The number of hydrogen-bond donors (Lipinski definition) is 2. The van der Waals surface area contributed by atoms with Gasteiger partial charge in [-0.2, -0.15) is 0 Å². The first-order valence-corrected chi connectivity index (χ1v) is 11.5. The molecule has 142 valence electrons. The summed E-state index contributed by atoms with van der Waals surface area (Å²) in [7, 11) is -7.04. The van der Waals surface area contributed by atoms with Gasteiger partial charge in [-0.05, 0) is 25.0 Å². The first kappa shape index (κ1) is 20.6. The molecule has 0 saturated carbocycles. The maximum Gasteiger partial charge on any atom is 0.215 e. The van der Waals surface area contributed by atoms with E-state index < -0.39 is 20.0 Å². The van der Waals surface area contributed by atoms with E-state index in [0.29, 0.717) is 11.1 Å². The molecule has 0 bridgehead atoms. The van der Waals surface area contributed by atoms with Crippen LogP contribution in [0.1, 0.15) is 22.3 Å². The molecule has 0 aromatic heterocycles. The minimum absolute atomic E-state index is 0.00119.